The lowest BCUT2D eigenvalue weighted by Gasteiger charge is -2.18. The molecule has 0 N–H and O–H groups in total. The Morgan fingerprint density at radius 3 is 2.57 bits per heavy atom. The summed E-state index contributed by atoms with van der Waals surface area (Å²) in [7, 11) is 3.41. The van der Waals surface area contributed by atoms with Gasteiger partial charge in [0.05, 0.1) is 24.2 Å². The van der Waals surface area contributed by atoms with Crippen molar-refractivity contribution >= 4 is 23.1 Å². The Kier molecular flexibility index (Phi) is 4.59. The second-order valence-electron chi connectivity index (χ2n) is 4.47. The number of hydrogen-bond acceptors (Lipinski definition) is 5. The van der Waals surface area contributed by atoms with E-state index < -0.39 is 4.92 Å². The summed E-state index contributed by atoms with van der Waals surface area (Å²) in [5.41, 5.74) is 0.953. The van der Waals surface area contributed by atoms with Gasteiger partial charge in [-0.15, -0.1) is 0 Å². The minimum Gasteiger partial charge on any atom is -0.497 e. The van der Waals surface area contributed by atoms with Gasteiger partial charge >= 0.3 is 0 Å². The van der Waals surface area contributed by atoms with Gasteiger partial charge in [0.2, 0.25) is 0 Å². The first-order valence-electron chi connectivity index (χ1n) is 6.15. The highest BCUT2D eigenvalue weighted by Gasteiger charge is 2.13. The zero-order valence-electron chi connectivity index (χ0n) is 11.6. The monoisotopic (exact) mass is 307 g/mol. The lowest BCUT2D eigenvalue weighted by Crippen LogP contribution is -2.17. The van der Waals surface area contributed by atoms with Gasteiger partial charge in [0.15, 0.2) is 0 Å². The van der Waals surface area contributed by atoms with Crippen molar-refractivity contribution in [2.24, 2.45) is 0 Å². The van der Waals surface area contributed by atoms with Gasteiger partial charge in [-0.3, -0.25) is 10.1 Å². The van der Waals surface area contributed by atoms with Crippen LogP contribution in [0.1, 0.15) is 5.56 Å². The molecule has 21 heavy (non-hydrogen) atoms. The van der Waals surface area contributed by atoms with Crippen LogP contribution in [0.5, 0.6) is 5.75 Å². The Morgan fingerprint density at radius 1 is 1.33 bits per heavy atom. The lowest BCUT2D eigenvalue weighted by molar-refractivity contribution is -0.384. The Bertz CT molecular complexity index is 646. The summed E-state index contributed by atoms with van der Waals surface area (Å²) in [6, 6.07) is 10.2. The van der Waals surface area contributed by atoms with Crippen LogP contribution in [0.15, 0.2) is 36.4 Å². The predicted molar refractivity (Wildman–Crippen MR) is 81.0 cm³/mol. The molecule has 0 saturated carbocycles. The van der Waals surface area contributed by atoms with Gasteiger partial charge in [-0.1, -0.05) is 23.7 Å². The molecular weight excluding hydrogens is 294 g/mol. The molecule has 0 atom stereocenters. The van der Waals surface area contributed by atoms with E-state index in [1.165, 1.54) is 12.1 Å². The summed E-state index contributed by atoms with van der Waals surface area (Å²) in [5.74, 6) is 1.22. The molecule has 1 aromatic carbocycles. The molecule has 2 rings (SSSR count). The lowest BCUT2D eigenvalue weighted by atomic mass is 10.2. The SMILES string of the molecule is COc1ccc(CN(C)c2cc([N+](=O)[O-])cc(Cl)n2)cc1. The van der Waals surface area contributed by atoms with E-state index in [0.29, 0.717) is 12.4 Å². The number of ether oxygens (including phenoxy) is 1. The Morgan fingerprint density at radius 2 is 2.00 bits per heavy atom. The van der Waals surface area contributed by atoms with Crippen LogP contribution < -0.4 is 9.64 Å². The molecule has 0 bridgehead atoms. The standard InChI is InChI=1S/C14H14ClN3O3/c1-17(9-10-3-5-12(21-2)6-4-10)14-8-11(18(19)20)7-13(15)16-14/h3-8H,9H2,1-2H3. The normalized spacial score (nSPS) is 10.2. The highest BCUT2D eigenvalue weighted by Crippen LogP contribution is 2.24. The topological polar surface area (TPSA) is 68.5 Å². The van der Waals surface area contributed by atoms with Gasteiger partial charge in [-0.25, -0.2) is 4.98 Å². The number of hydrogen-bond donors (Lipinski definition) is 0. The molecule has 0 aliphatic heterocycles. The summed E-state index contributed by atoms with van der Waals surface area (Å²) in [6.45, 7) is 0.550. The number of pyridine rings is 1. The Labute approximate surface area is 127 Å². The summed E-state index contributed by atoms with van der Waals surface area (Å²) in [5, 5.41) is 10.9. The third kappa shape index (κ3) is 3.82. The maximum atomic E-state index is 10.8. The van der Waals surface area contributed by atoms with Crippen LogP contribution in [0.4, 0.5) is 11.5 Å². The fourth-order valence-electron chi connectivity index (χ4n) is 1.86. The van der Waals surface area contributed by atoms with E-state index >= 15 is 0 Å². The van der Waals surface area contributed by atoms with Gasteiger partial charge in [0.25, 0.3) is 5.69 Å². The first-order chi connectivity index (χ1) is 9.99. The Balaban J connectivity index is 2.19. The van der Waals surface area contributed by atoms with E-state index in [-0.39, 0.29) is 10.8 Å². The number of halogens is 1. The van der Waals surface area contributed by atoms with Crippen LogP contribution in [-0.2, 0) is 6.54 Å². The van der Waals surface area contributed by atoms with Gasteiger partial charge in [-0.2, -0.15) is 0 Å². The van der Waals surface area contributed by atoms with Crippen molar-refractivity contribution in [3.8, 4) is 5.75 Å². The van der Waals surface area contributed by atoms with Crippen LogP contribution in [0.3, 0.4) is 0 Å². The van der Waals surface area contributed by atoms with Crippen molar-refractivity contribution in [3.63, 3.8) is 0 Å². The van der Waals surface area contributed by atoms with Gasteiger partial charge in [0, 0.05) is 13.6 Å². The van der Waals surface area contributed by atoms with E-state index in [1.54, 1.807) is 19.1 Å². The molecule has 2 aromatic rings. The molecule has 0 aliphatic rings. The van der Waals surface area contributed by atoms with Crippen LogP contribution >= 0.6 is 11.6 Å². The van der Waals surface area contributed by atoms with E-state index in [4.69, 9.17) is 16.3 Å². The second kappa shape index (κ2) is 6.41. The van der Waals surface area contributed by atoms with Crippen LogP contribution in [0.25, 0.3) is 0 Å². The van der Waals surface area contributed by atoms with Gasteiger partial charge in [-0.05, 0) is 17.7 Å². The number of nitro groups is 1. The number of methoxy groups -OCH3 is 1. The third-order valence-corrected chi connectivity index (χ3v) is 3.14. The Hall–Kier alpha value is -2.34. The molecule has 0 amide bonds. The van der Waals surface area contributed by atoms with E-state index in [2.05, 4.69) is 4.98 Å². The summed E-state index contributed by atoms with van der Waals surface area (Å²) >= 11 is 5.82. The molecule has 1 heterocycles. The van der Waals surface area contributed by atoms with E-state index in [1.807, 2.05) is 24.3 Å². The van der Waals surface area contributed by atoms with Gasteiger partial charge < -0.3 is 9.64 Å². The molecule has 0 spiro atoms. The summed E-state index contributed by atoms with van der Waals surface area (Å²) < 4.78 is 5.10. The average Bonchev–Trinajstić information content (AvgIpc) is 2.47. The second-order valence-corrected chi connectivity index (χ2v) is 4.85. The minimum atomic E-state index is -0.488. The average molecular weight is 308 g/mol. The van der Waals surface area contributed by atoms with Crippen LogP contribution in [0.2, 0.25) is 5.15 Å². The molecule has 7 heteroatoms. The number of aromatic nitrogens is 1. The zero-order chi connectivity index (χ0) is 15.4. The highest BCUT2D eigenvalue weighted by atomic mass is 35.5. The van der Waals surface area contributed by atoms with Crippen molar-refractivity contribution in [2.75, 3.05) is 19.1 Å². The molecule has 0 aliphatic carbocycles. The first kappa shape index (κ1) is 15.1. The maximum Gasteiger partial charge on any atom is 0.276 e. The largest absolute Gasteiger partial charge is 0.497 e. The fourth-order valence-corrected chi connectivity index (χ4v) is 2.06. The molecule has 1 aromatic heterocycles. The smallest absolute Gasteiger partial charge is 0.276 e. The predicted octanol–water partition coefficient (Wildman–Crippen LogP) is 3.29. The first-order valence-corrected chi connectivity index (χ1v) is 6.53. The highest BCUT2D eigenvalue weighted by molar-refractivity contribution is 6.29. The van der Waals surface area contributed by atoms with Crippen molar-refractivity contribution in [2.45, 2.75) is 6.54 Å². The molecule has 0 unspecified atom stereocenters. The van der Waals surface area contributed by atoms with Gasteiger partial charge in [0.1, 0.15) is 16.7 Å². The van der Waals surface area contributed by atoms with Crippen molar-refractivity contribution < 1.29 is 9.66 Å². The number of benzene rings is 1. The van der Waals surface area contributed by atoms with E-state index in [0.717, 1.165) is 11.3 Å². The fraction of sp³-hybridized carbons (Fsp3) is 0.214. The molecule has 6 nitrogen and oxygen atoms in total. The molecule has 0 saturated heterocycles. The number of rotatable bonds is 5. The zero-order valence-corrected chi connectivity index (χ0v) is 12.4. The third-order valence-electron chi connectivity index (χ3n) is 2.95. The molecular formula is C14H14ClN3O3. The van der Waals surface area contributed by atoms with Crippen molar-refractivity contribution in [1.82, 2.24) is 4.98 Å². The number of nitrogens with zero attached hydrogens (tertiary/aromatic N) is 3. The van der Waals surface area contributed by atoms with E-state index in [9.17, 15) is 10.1 Å². The number of anilines is 1. The molecule has 110 valence electrons. The van der Waals surface area contributed by atoms with Crippen molar-refractivity contribution in [3.05, 3.63) is 57.2 Å². The van der Waals surface area contributed by atoms with Crippen LogP contribution in [-0.4, -0.2) is 24.1 Å². The molecule has 0 radical (unpaired) electrons. The minimum absolute atomic E-state index is 0.0772. The molecule has 0 fully saturated rings. The maximum absolute atomic E-state index is 10.8. The van der Waals surface area contributed by atoms with Crippen LogP contribution in [0, 0.1) is 10.1 Å². The quantitative estimate of drug-likeness (QED) is 0.481. The summed E-state index contributed by atoms with van der Waals surface area (Å²) in [6.07, 6.45) is 0. The van der Waals surface area contributed by atoms with Crippen molar-refractivity contribution in [1.29, 1.82) is 0 Å². The summed E-state index contributed by atoms with van der Waals surface area (Å²) in [4.78, 5) is 16.3.